The van der Waals surface area contributed by atoms with Gasteiger partial charge in [-0.1, -0.05) is 12.1 Å². The van der Waals surface area contributed by atoms with E-state index in [-0.39, 0.29) is 30.1 Å². The number of carbonyl (C=O) groups is 2. The normalized spacial score (nSPS) is 10.6. The zero-order valence-electron chi connectivity index (χ0n) is 19.0. The minimum absolute atomic E-state index is 0.144. The van der Waals surface area contributed by atoms with Crippen LogP contribution in [0.3, 0.4) is 0 Å². The number of rotatable bonds is 9. The first kappa shape index (κ1) is 23.8. The molecule has 3 rings (SSSR count). The molecule has 0 bridgehead atoms. The zero-order chi connectivity index (χ0) is 23.8. The van der Waals surface area contributed by atoms with E-state index in [1.807, 2.05) is 30.9 Å². The molecule has 0 aromatic heterocycles. The van der Waals surface area contributed by atoms with E-state index >= 15 is 0 Å². The molecule has 0 saturated heterocycles. The van der Waals surface area contributed by atoms with Crippen molar-refractivity contribution < 1.29 is 18.7 Å². The number of nitrogens with zero attached hydrogens (tertiary/aromatic N) is 1. The number of hydrogen-bond donors (Lipinski definition) is 2. The number of hydrogen-bond acceptors (Lipinski definition) is 4. The summed E-state index contributed by atoms with van der Waals surface area (Å²) in [6, 6.07) is 20.3. The number of amides is 2. The Morgan fingerprint density at radius 2 is 1.61 bits per heavy atom. The highest BCUT2D eigenvalue weighted by atomic mass is 19.1. The molecule has 0 aliphatic heterocycles. The van der Waals surface area contributed by atoms with Gasteiger partial charge in [-0.25, -0.2) is 4.39 Å². The minimum Gasteiger partial charge on any atom is -0.495 e. The molecule has 2 N–H and O–H groups in total. The topological polar surface area (TPSA) is 70.7 Å². The first-order valence-electron chi connectivity index (χ1n) is 10.7. The number of para-hydroxylation sites is 2. The van der Waals surface area contributed by atoms with Gasteiger partial charge in [0, 0.05) is 35.9 Å². The van der Waals surface area contributed by atoms with E-state index in [4.69, 9.17) is 4.74 Å². The molecule has 3 aromatic carbocycles. The standard InChI is InChI=1S/C26H28FN3O3/c1-18(2)30(22-14-10-20(27)11-15-22)17-16-25(31)28-21-12-8-19(9-13-21)26(32)29-23-6-4-5-7-24(23)33-3/h4-15,18H,16-17H2,1-3H3,(H,28,31)(H,29,32). The fraction of sp³-hybridized carbons (Fsp3) is 0.231. The molecule has 0 aliphatic carbocycles. The summed E-state index contributed by atoms with van der Waals surface area (Å²) in [6.07, 6.45) is 0.269. The van der Waals surface area contributed by atoms with Crippen molar-refractivity contribution in [3.05, 3.63) is 84.2 Å². The number of carbonyl (C=O) groups excluding carboxylic acids is 2. The summed E-state index contributed by atoms with van der Waals surface area (Å²) in [5.74, 6) is -0.135. The van der Waals surface area contributed by atoms with Gasteiger partial charge in [0.2, 0.25) is 5.91 Å². The summed E-state index contributed by atoms with van der Waals surface area (Å²) in [6.45, 7) is 4.54. The number of nitrogens with one attached hydrogen (secondary N) is 2. The van der Waals surface area contributed by atoms with Crippen molar-refractivity contribution in [1.29, 1.82) is 0 Å². The average Bonchev–Trinajstić information content (AvgIpc) is 2.81. The maximum atomic E-state index is 13.2. The summed E-state index contributed by atoms with van der Waals surface area (Å²) in [5, 5.41) is 5.67. The Bertz CT molecular complexity index is 1080. The van der Waals surface area contributed by atoms with E-state index in [0.29, 0.717) is 29.2 Å². The largest absolute Gasteiger partial charge is 0.495 e. The maximum Gasteiger partial charge on any atom is 0.255 e. The Balaban J connectivity index is 1.56. The lowest BCUT2D eigenvalue weighted by molar-refractivity contribution is -0.116. The second kappa shape index (κ2) is 11.1. The van der Waals surface area contributed by atoms with Crippen LogP contribution in [0.5, 0.6) is 5.75 Å². The predicted octanol–water partition coefficient (Wildman–Crippen LogP) is 5.33. The molecule has 6 nitrogen and oxygen atoms in total. The molecule has 0 heterocycles. The van der Waals surface area contributed by atoms with Crippen LogP contribution in [0.15, 0.2) is 72.8 Å². The smallest absolute Gasteiger partial charge is 0.255 e. The molecule has 7 heteroatoms. The van der Waals surface area contributed by atoms with Crippen LogP contribution in [0.1, 0.15) is 30.6 Å². The Labute approximate surface area is 193 Å². The highest BCUT2D eigenvalue weighted by Crippen LogP contribution is 2.24. The Hall–Kier alpha value is -3.87. The van der Waals surface area contributed by atoms with Crippen molar-refractivity contribution in [2.24, 2.45) is 0 Å². The molecule has 0 atom stereocenters. The summed E-state index contributed by atoms with van der Waals surface area (Å²) in [4.78, 5) is 27.0. The minimum atomic E-state index is -0.291. The second-order valence-electron chi connectivity index (χ2n) is 7.79. The lowest BCUT2D eigenvalue weighted by Crippen LogP contribution is -2.33. The van der Waals surface area contributed by atoms with E-state index in [1.54, 1.807) is 55.6 Å². The molecule has 0 saturated carbocycles. The molecule has 33 heavy (non-hydrogen) atoms. The molecule has 0 unspecified atom stereocenters. The molecular formula is C26H28FN3O3. The van der Waals surface area contributed by atoms with Gasteiger partial charge in [0.25, 0.3) is 5.91 Å². The molecule has 0 radical (unpaired) electrons. The van der Waals surface area contributed by atoms with Crippen molar-refractivity contribution in [1.82, 2.24) is 0 Å². The van der Waals surface area contributed by atoms with Crippen LogP contribution in [-0.2, 0) is 4.79 Å². The fourth-order valence-electron chi connectivity index (χ4n) is 3.41. The van der Waals surface area contributed by atoms with E-state index in [2.05, 4.69) is 10.6 Å². The van der Waals surface area contributed by atoms with Crippen molar-refractivity contribution >= 4 is 28.9 Å². The first-order valence-corrected chi connectivity index (χ1v) is 10.7. The van der Waals surface area contributed by atoms with E-state index in [1.165, 1.54) is 12.1 Å². The zero-order valence-corrected chi connectivity index (χ0v) is 19.0. The third kappa shape index (κ3) is 6.55. The van der Waals surface area contributed by atoms with Crippen molar-refractivity contribution in [2.45, 2.75) is 26.3 Å². The predicted molar refractivity (Wildman–Crippen MR) is 130 cm³/mol. The number of ether oxygens (including phenoxy) is 1. The SMILES string of the molecule is COc1ccccc1NC(=O)c1ccc(NC(=O)CCN(c2ccc(F)cc2)C(C)C)cc1. The quantitative estimate of drug-likeness (QED) is 0.463. The van der Waals surface area contributed by atoms with E-state index in [0.717, 1.165) is 5.69 Å². The molecule has 0 aliphatic rings. The third-order valence-electron chi connectivity index (χ3n) is 5.15. The van der Waals surface area contributed by atoms with Crippen LogP contribution < -0.4 is 20.3 Å². The van der Waals surface area contributed by atoms with Gasteiger partial charge in [-0.2, -0.15) is 0 Å². The third-order valence-corrected chi connectivity index (χ3v) is 5.15. The van der Waals surface area contributed by atoms with Crippen molar-refractivity contribution in [3.8, 4) is 5.75 Å². The summed E-state index contributed by atoms with van der Waals surface area (Å²) in [7, 11) is 1.54. The summed E-state index contributed by atoms with van der Waals surface area (Å²) >= 11 is 0. The van der Waals surface area contributed by atoms with Crippen LogP contribution in [-0.4, -0.2) is 31.5 Å². The summed E-state index contributed by atoms with van der Waals surface area (Å²) in [5.41, 5.74) is 2.51. The number of benzene rings is 3. The lowest BCUT2D eigenvalue weighted by atomic mass is 10.1. The van der Waals surface area contributed by atoms with Gasteiger partial charge < -0.3 is 20.3 Å². The number of methoxy groups -OCH3 is 1. The Morgan fingerprint density at radius 3 is 2.24 bits per heavy atom. The molecular weight excluding hydrogens is 421 g/mol. The Morgan fingerprint density at radius 1 is 0.939 bits per heavy atom. The van der Waals surface area contributed by atoms with Gasteiger partial charge in [-0.05, 0) is 74.5 Å². The van der Waals surface area contributed by atoms with Gasteiger partial charge in [-0.3, -0.25) is 9.59 Å². The average molecular weight is 450 g/mol. The van der Waals surface area contributed by atoms with Gasteiger partial charge in [0.05, 0.1) is 12.8 Å². The molecule has 0 fully saturated rings. The fourth-order valence-corrected chi connectivity index (χ4v) is 3.41. The molecule has 3 aromatic rings. The molecule has 2 amide bonds. The number of anilines is 3. The monoisotopic (exact) mass is 449 g/mol. The lowest BCUT2D eigenvalue weighted by Gasteiger charge is -2.28. The highest BCUT2D eigenvalue weighted by Gasteiger charge is 2.14. The Kier molecular flexibility index (Phi) is 8.02. The van der Waals surface area contributed by atoms with Crippen LogP contribution >= 0.6 is 0 Å². The highest BCUT2D eigenvalue weighted by molar-refractivity contribution is 6.05. The van der Waals surface area contributed by atoms with Crippen LogP contribution in [0.25, 0.3) is 0 Å². The van der Waals surface area contributed by atoms with Crippen LogP contribution in [0.2, 0.25) is 0 Å². The van der Waals surface area contributed by atoms with Crippen LogP contribution in [0.4, 0.5) is 21.5 Å². The maximum absolute atomic E-state index is 13.2. The summed E-state index contributed by atoms with van der Waals surface area (Å²) < 4.78 is 18.5. The van der Waals surface area contributed by atoms with E-state index in [9.17, 15) is 14.0 Å². The van der Waals surface area contributed by atoms with Gasteiger partial charge in [-0.15, -0.1) is 0 Å². The van der Waals surface area contributed by atoms with Gasteiger partial charge in [0.15, 0.2) is 0 Å². The second-order valence-corrected chi connectivity index (χ2v) is 7.79. The molecule has 172 valence electrons. The van der Waals surface area contributed by atoms with Gasteiger partial charge in [0.1, 0.15) is 11.6 Å². The van der Waals surface area contributed by atoms with Crippen LogP contribution in [0, 0.1) is 5.82 Å². The van der Waals surface area contributed by atoms with E-state index < -0.39 is 0 Å². The number of halogens is 1. The molecule has 0 spiro atoms. The first-order chi connectivity index (χ1) is 15.9. The van der Waals surface area contributed by atoms with Gasteiger partial charge >= 0.3 is 0 Å². The van der Waals surface area contributed by atoms with Crippen molar-refractivity contribution in [2.75, 3.05) is 29.2 Å². The van der Waals surface area contributed by atoms with Crippen molar-refractivity contribution in [3.63, 3.8) is 0 Å².